The maximum atomic E-state index is 12.1. The summed E-state index contributed by atoms with van der Waals surface area (Å²) in [6.07, 6.45) is 7.89. The highest BCUT2D eigenvalue weighted by molar-refractivity contribution is 5.89. The average Bonchev–Trinajstić information content (AvgIpc) is 2.52. The first kappa shape index (κ1) is 11.9. The molecule has 0 N–H and O–H groups in total. The molecule has 0 aromatic heterocycles. The van der Waals surface area contributed by atoms with Gasteiger partial charge in [0, 0.05) is 11.8 Å². The molecule has 3 unspecified atom stereocenters. The van der Waals surface area contributed by atoms with Crippen LogP contribution >= 0.6 is 0 Å². The van der Waals surface area contributed by atoms with E-state index in [1.807, 2.05) is 0 Å². The van der Waals surface area contributed by atoms with Crippen molar-refractivity contribution in [3.05, 3.63) is 11.6 Å². The van der Waals surface area contributed by atoms with Crippen LogP contribution < -0.4 is 0 Å². The molecule has 2 aliphatic carbocycles. The number of Topliss-reactive ketones (excluding diaryl/α,β-unsaturated/α-hetero) is 1. The summed E-state index contributed by atoms with van der Waals surface area (Å²) in [6.45, 7) is 8.87. The second kappa shape index (κ2) is 3.72. The van der Waals surface area contributed by atoms with Gasteiger partial charge in [-0.1, -0.05) is 25.5 Å². The van der Waals surface area contributed by atoms with Crippen LogP contribution in [-0.4, -0.2) is 5.78 Å². The van der Waals surface area contributed by atoms with Gasteiger partial charge in [-0.2, -0.15) is 0 Å². The number of hydrogen-bond acceptors (Lipinski definition) is 1. The normalized spacial score (nSPS) is 41.5. The zero-order valence-electron chi connectivity index (χ0n) is 11.1. The topological polar surface area (TPSA) is 17.1 Å². The molecule has 90 valence electrons. The molecule has 0 radical (unpaired) electrons. The van der Waals surface area contributed by atoms with E-state index in [-0.39, 0.29) is 10.8 Å². The third-order valence-electron chi connectivity index (χ3n) is 5.42. The Hall–Kier alpha value is -0.590. The van der Waals surface area contributed by atoms with Crippen molar-refractivity contribution in [1.82, 2.24) is 0 Å². The van der Waals surface area contributed by atoms with Crippen molar-refractivity contribution in [3.63, 3.8) is 0 Å². The van der Waals surface area contributed by atoms with E-state index in [1.54, 1.807) is 0 Å². The molecular formula is C15H24O. The lowest BCUT2D eigenvalue weighted by Crippen LogP contribution is -2.34. The third-order valence-corrected chi connectivity index (χ3v) is 5.42. The van der Waals surface area contributed by atoms with Crippen molar-refractivity contribution in [2.24, 2.45) is 16.7 Å². The molecule has 2 bridgehead atoms. The van der Waals surface area contributed by atoms with Crippen LogP contribution in [0.3, 0.4) is 0 Å². The molecule has 0 spiro atoms. The van der Waals surface area contributed by atoms with Crippen LogP contribution in [0.4, 0.5) is 0 Å². The average molecular weight is 220 g/mol. The van der Waals surface area contributed by atoms with Gasteiger partial charge in [0.2, 0.25) is 0 Å². The summed E-state index contributed by atoms with van der Waals surface area (Å²) in [5.74, 6) is 1.19. The summed E-state index contributed by atoms with van der Waals surface area (Å²) in [4.78, 5) is 12.1. The first-order valence-corrected chi connectivity index (χ1v) is 6.57. The van der Waals surface area contributed by atoms with Gasteiger partial charge in [-0.25, -0.2) is 0 Å². The molecule has 1 nitrogen and oxygen atoms in total. The lowest BCUT2D eigenvalue weighted by Gasteiger charge is -2.36. The first-order valence-electron chi connectivity index (χ1n) is 6.57. The number of carbonyl (C=O) groups is 1. The molecule has 0 aromatic carbocycles. The molecule has 2 saturated carbocycles. The smallest absolute Gasteiger partial charge is 0.139 e. The zero-order chi connectivity index (χ0) is 12.0. The van der Waals surface area contributed by atoms with E-state index >= 15 is 0 Å². The Bertz CT molecular complexity index is 337. The fourth-order valence-corrected chi connectivity index (χ4v) is 3.89. The summed E-state index contributed by atoms with van der Waals surface area (Å²) in [5, 5.41) is 0. The highest BCUT2D eigenvalue weighted by atomic mass is 16.1. The molecule has 2 aliphatic rings. The maximum absolute atomic E-state index is 12.1. The summed E-state index contributed by atoms with van der Waals surface area (Å²) < 4.78 is 0. The quantitative estimate of drug-likeness (QED) is 0.654. The van der Waals surface area contributed by atoms with Gasteiger partial charge in [-0.15, -0.1) is 0 Å². The Morgan fingerprint density at radius 2 is 2.12 bits per heavy atom. The SMILES string of the molecule is CC(C)=CCCC1(C)C2CCC1(C)C(=O)C2. The molecular weight excluding hydrogens is 196 g/mol. The Morgan fingerprint density at radius 3 is 2.56 bits per heavy atom. The van der Waals surface area contributed by atoms with Crippen molar-refractivity contribution >= 4 is 5.78 Å². The standard InChI is InChI=1S/C15H24O/c1-11(2)6-5-8-14(3)12-7-9-15(14,4)13(16)10-12/h6,12H,5,7-10H2,1-4H3. The minimum atomic E-state index is -0.00679. The minimum absolute atomic E-state index is 0.00679. The Balaban J connectivity index is 2.13. The van der Waals surface area contributed by atoms with Gasteiger partial charge in [-0.05, 0) is 50.9 Å². The summed E-state index contributed by atoms with van der Waals surface area (Å²) in [7, 11) is 0. The minimum Gasteiger partial charge on any atom is -0.299 e. The van der Waals surface area contributed by atoms with E-state index in [1.165, 1.54) is 18.4 Å². The number of fused-ring (bicyclic) bond motifs is 2. The van der Waals surface area contributed by atoms with Gasteiger partial charge in [0.1, 0.15) is 5.78 Å². The predicted octanol–water partition coefficient (Wildman–Crippen LogP) is 4.13. The third kappa shape index (κ3) is 1.48. The number of allylic oxidation sites excluding steroid dienone is 2. The maximum Gasteiger partial charge on any atom is 0.139 e. The molecule has 1 heteroatoms. The van der Waals surface area contributed by atoms with Gasteiger partial charge in [0.25, 0.3) is 0 Å². The molecule has 0 heterocycles. The summed E-state index contributed by atoms with van der Waals surface area (Å²) in [5.41, 5.74) is 1.66. The van der Waals surface area contributed by atoms with Crippen LogP contribution in [0.25, 0.3) is 0 Å². The van der Waals surface area contributed by atoms with Crippen molar-refractivity contribution in [1.29, 1.82) is 0 Å². The fourth-order valence-electron chi connectivity index (χ4n) is 3.89. The Kier molecular flexibility index (Phi) is 2.76. The van der Waals surface area contributed by atoms with Crippen molar-refractivity contribution < 1.29 is 4.79 Å². The van der Waals surface area contributed by atoms with Gasteiger partial charge < -0.3 is 0 Å². The molecule has 0 saturated heterocycles. The highest BCUT2D eigenvalue weighted by Crippen LogP contribution is 2.65. The summed E-state index contributed by atoms with van der Waals surface area (Å²) in [6, 6.07) is 0. The van der Waals surface area contributed by atoms with Gasteiger partial charge in [0.05, 0.1) is 0 Å². The number of carbonyl (C=O) groups excluding carboxylic acids is 1. The monoisotopic (exact) mass is 220 g/mol. The predicted molar refractivity (Wildman–Crippen MR) is 67.2 cm³/mol. The molecule has 2 rings (SSSR count). The lowest BCUT2D eigenvalue weighted by molar-refractivity contribution is -0.128. The van der Waals surface area contributed by atoms with Gasteiger partial charge >= 0.3 is 0 Å². The Morgan fingerprint density at radius 1 is 1.44 bits per heavy atom. The van der Waals surface area contributed by atoms with E-state index in [0.717, 1.165) is 19.3 Å². The van der Waals surface area contributed by atoms with Crippen molar-refractivity contribution in [3.8, 4) is 0 Å². The fraction of sp³-hybridized carbons (Fsp3) is 0.800. The largest absolute Gasteiger partial charge is 0.299 e. The Labute approximate surface area is 99.3 Å². The second-order valence-corrected chi connectivity index (χ2v) is 6.43. The molecule has 3 atom stereocenters. The van der Waals surface area contributed by atoms with E-state index in [0.29, 0.717) is 11.7 Å². The van der Waals surface area contributed by atoms with E-state index in [2.05, 4.69) is 33.8 Å². The first-order chi connectivity index (χ1) is 7.40. The van der Waals surface area contributed by atoms with E-state index in [4.69, 9.17) is 0 Å². The number of rotatable bonds is 3. The molecule has 16 heavy (non-hydrogen) atoms. The van der Waals surface area contributed by atoms with Crippen molar-refractivity contribution in [2.75, 3.05) is 0 Å². The zero-order valence-corrected chi connectivity index (χ0v) is 11.1. The van der Waals surface area contributed by atoms with Gasteiger partial charge in [-0.3, -0.25) is 4.79 Å². The summed E-state index contributed by atoms with van der Waals surface area (Å²) >= 11 is 0. The van der Waals surface area contributed by atoms with Gasteiger partial charge in [0.15, 0.2) is 0 Å². The van der Waals surface area contributed by atoms with E-state index in [9.17, 15) is 4.79 Å². The van der Waals surface area contributed by atoms with Crippen LogP contribution in [-0.2, 0) is 4.79 Å². The lowest BCUT2D eigenvalue weighted by atomic mass is 9.66. The molecule has 2 fully saturated rings. The molecule has 0 aromatic rings. The van der Waals surface area contributed by atoms with Crippen molar-refractivity contribution in [2.45, 2.75) is 59.8 Å². The van der Waals surface area contributed by atoms with E-state index < -0.39 is 0 Å². The second-order valence-electron chi connectivity index (χ2n) is 6.43. The van der Waals surface area contributed by atoms with Crippen LogP contribution in [0.2, 0.25) is 0 Å². The van der Waals surface area contributed by atoms with Crippen LogP contribution in [0.1, 0.15) is 59.8 Å². The highest BCUT2D eigenvalue weighted by Gasteiger charge is 2.62. The van der Waals surface area contributed by atoms with Crippen LogP contribution in [0.5, 0.6) is 0 Å². The van der Waals surface area contributed by atoms with Crippen LogP contribution in [0, 0.1) is 16.7 Å². The number of hydrogen-bond donors (Lipinski definition) is 0. The number of ketones is 1. The van der Waals surface area contributed by atoms with Crippen LogP contribution in [0.15, 0.2) is 11.6 Å². The molecule has 0 amide bonds. The molecule has 0 aliphatic heterocycles.